The van der Waals surface area contributed by atoms with Gasteiger partial charge in [0.2, 0.25) is 15.9 Å². The van der Waals surface area contributed by atoms with Crippen LogP contribution in [0.4, 0.5) is 5.69 Å². The molecule has 1 unspecified atom stereocenters. The second-order valence-electron chi connectivity index (χ2n) is 5.20. The first kappa shape index (κ1) is 14.7. The smallest absolute Gasteiger partial charge is 0.246 e. The van der Waals surface area contributed by atoms with Crippen LogP contribution < -0.4 is 5.32 Å². The molecule has 3 rings (SSSR count). The zero-order valence-corrected chi connectivity index (χ0v) is 12.9. The molecule has 2 aromatic carbocycles. The molecule has 1 N–H and O–H groups in total. The van der Waals surface area contributed by atoms with Crippen molar-refractivity contribution in [2.75, 3.05) is 5.32 Å². The van der Waals surface area contributed by atoms with E-state index in [9.17, 15) is 13.2 Å². The Balaban J connectivity index is 2.09. The van der Waals surface area contributed by atoms with E-state index in [4.69, 9.17) is 0 Å². The fourth-order valence-electron chi connectivity index (χ4n) is 2.48. The average Bonchev–Trinajstić information content (AvgIpc) is 2.58. The Bertz CT molecular complexity index is 803. The van der Waals surface area contributed by atoms with Crippen LogP contribution in [0.1, 0.15) is 12.5 Å². The number of benzene rings is 2. The van der Waals surface area contributed by atoms with Gasteiger partial charge in [-0.1, -0.05) is 42.5 Å². The molecule has 0 radical (unpaired) electrons. The van der Waals surface area contributed by atoms with E-state index in [1.807, 2.05) is 30.3 Å². The minimum Gasteiger partial charge on any atom is -0.323 e. The van der Waals surface area contributed by atoms with Gasteiger partial charge in [-0.3, -0.25) is 4.79 Å². The molecule has 1 aliphatic rings. The van der Waals surface area contributed by atoms with Crippen LogP contribution in [0.15, 0.2) is 59.5 Å². The Morgan fingerprint density at radius 1 is 1.05 bits per heavy atom. The molecule has 2 aromatic rings. The van der Waals surface area contributed by atoms with Gasteiger partial charge >= 0.3 is 0 Å². The van der Waals surface area contributed by atoms with Gasteiger partial charge in [0.25, 0.3) is 0 Å². The van der Waals surface area contributed by atoms with Crippen LogP contribution in [0.3, 0.4) is 0 Å². The summed E-state index contributed by atoms with van der Waals surface area (Å²) in [5, 5.41) is 2.68. The van der Waals surface area contributed by atoms with E-state index >= 15 is 0 Å². The molecule has 1 aliphatic heterocycles. The predicted octanol–water partition coefficient (Wildman–Crippen LogP) is 2.22. The van der Waals surface area contributed by atoms with Crippen molar-refractivity contribution in [3.8, 4) is 0 Å². The number of hydrogen-bond acceptors (Lipinski definition) is 3. The van der Waals surface area contributed by atoms with Gasteiger partial charge in [0.1, 0.15) is 10.9 Å². The van der Waals surface area contributed by atoms with Crippen molar-refractivity contribution < 1.29 is 13.2 Å². The molecule has 0 fully saturated rings. The van der Waals surface area contributed by atoms with Crippen molar-refractivity contribution in [2.45, 2.75) is 24.4 Å². The number of nitrogens with zero attached hydrogens (tertiary/aromatic N) is 1. The van der Waals surface area contributed by atoms with Gasteiger partial charge in [0.15, 0.2) is 0 Å². The summed E-state index contributed by atoms with van der Waals surface area (Å²) in [7, 11) is -3.75. The standard InChI is InChI=1S/C16H16N2O3S/c1-12-16(19)17-14-9-5-6-10-15(14)22(20,21)18(12)11-13-7-3-2-4-8-13/h2-10,12H,11H2,1H3,(H,17,19). The van der Waals surface area contributed by atoms with Crippen LogP contribution in [0, 0.1) is 0 Å². The molecule has 0 saturated carbocycles. The third-order valence-corrected chi connectivity index (χ3v) is 5.70. The second-order valence-corrected chi connectivity index (χ2v) is 7.06. The van der Waals surface area contributed by atoms with E-state index in [0.29, 0.717) is 5.69 Å². The van der Waals surface area contributed by atoms with E-state index in [2.05, 4.69) is 5.32 Å². The number of rotatable bonds is 2. The van der Waals surface area contributed by atoms with Gasteiger partial charge in [-0.2, -0.15) is 4.31 Å². The van der Waals surface area contributed by atoms with Gasteiger partial charge in [0.05, 0.1) is 5.69 Å². The summed E-state index contributed by atoms with van der Waals surface area (Å²) in [5.41, 5.74) is 1.17. The zero-order valence-electron chi connectivity index (χ0n) is 12.1. The van der Waals surface area contributed by atoms with Crippen molar-refractivity contribution in [1.29, 1.82) is 0 Å². The molecule has 6 heteroatoms. The van der Waals surface area contributed by atoms with Crippen LogP contribution >= 0.6 is 0 Å². The Labute approximate surface area is 129 Å². The summed E-state index contributed by atoms with van der Waals surface area (Å²) >= 11 is 0. The lowest BCUT2D eigenvalue weighted by Crippen LogP contribution is -2.42. The number of hydrogen-bond donors (Lipinski definition) is 1. The van der Waals surface area contributed by atoms with E-state index in [1.54, 1.807) is 25.1 Å². The highest BCUT2D eigenvalue weighted by Gasteiger charge is 2.37. The van der Waals surface area contributed by atoms with Gasteiger partial charge in [-0.05, 0) is 24.6 Å². The number of carbonyl (C=O) groups excluding carboxylic acids is 1. The Kier molecular flexibility index (Phi) is 3.72. The third-order valence-electron chi connectivity index (χ3n) is 3.72. The Morgan fingerprint density at radius 3 is 2.41 bits per heavy atom. The molecule has 5 nitrogen and oxygen atoms in total. The van der Waals surface area contributed by atoms with Crippen molar-refractivity contribution in [2.24, 2.45) is 0 Å². The van der Waals surface area contributed by atoms with E-state index in [0.717, 1.165) is 5.56 Å². The first-order chi connectivity index (χ1) is 10.5. The number of anilines is 1. The number of carbonyl (C=O) groups is 1. The molecule has 0 aromatic heterocycles. The normalized spacial score (nSPS) is 20.8. The highest BCUT2D eigenvalue weighted by molar-refractivity contribution is 7.89. The van der Waals surface area contributed by atoms with Gasteiger partial charge in [0, 0.05) is 6.54 Å². The summed E-state index contributed by atoms with van der Waals surface area (Å²) in [5.74, 6) is -0.329. The van der Waals surface area contributed by atoms with Gasteiger partial charge < -0.3 is 5.32 Å². The highest BCUT2D eigenvalue weighted by atomic mass is 32.2. The number of nitrogens with one attached hydrogen (secondary N) is 1. The molecule has 0 bridgehead atoms. The minimum absolute atomic E-state index is 0.128. The molecule has 0 saturated heterocycles. The summed E-state index contributed by atoms with van der Waals surface area (Å²) in [6, 6.07) is 14.9. The molecule has 1 heterocycles. The van der Waals surface area contributed by atoms with Crippen LogP contribution in [-0.4, -0.2) is 24.7 Å². The molecule has 114 valence electrons. The van der Waals surface area contributed by atoms with E-state index < -0.39 is 16.1 Å². The highest BCUT2D eigenvalue weighted by Crippen LogP contribution is 2.30. The van der Waals surface area contributed by atoms with Crippen LogP contribution in [-0.2, 0) is 21.4 Å². The molecule has 0 spiro atoms. The van der Waals surface area contributed by atoms with Crippen LogP contribution in [0.2, 0.25) is 0 Å². The number of amides is 1. The third kappa shape index (κ3) is 2.51. The van der Waals surface area contributed by atoms with E-state index in [1.165, 1.54) is 10.4 Å². The maximum absolute atomic E-state index is 12.9. The summed E-state index contributed by atoms with van der Waals surface area (Å²) in [4.78, 5) is 12.4. The lowest BCUT2D eigenvalue weighted by Gasteiger charge is -2.24. The molecule has 0 aliphatic carbocycles. The number of fused-ring (bicyclic) bond motifs is 1. The maximum atomic E-state index is 12.9. The Morgan fingerprint density at radius 2 is 1.68 bits per heavy atom. The topological polar surface area (TPSA) is 66.5 Å². The fraction of sp³-hybridized carbons (Fsp3) is 0.188. The maximum Gasteiger partial charge on any atom is 0.246 e. The van der Waals surface area contributed by atoms with Crippen molar-refractivity contribution in [1.82, 2.24) is 4.31 Å². The average molecular weight is 316 g/mol. The number of sulfonamides is 1. The quantitative estimate of drug-likeness (QED) is 0.924. The molecule has 22 heavy (non-hydrogen) atoms. The SMILES string of the molecule is CC1C(=O)Nc2ccccc2S(=O)(=O)N1Cc1ccccc1. The van der Waals surface area contributed by atoms with Crippen LogP contribution in [0.25, 0.3) is 0 Å². The summed E-state index contributed by atoms with van der Waals surface area (Å²) < 4.78 is 27.1. The lowest BCUT2D eigenvalue weighted by atomic mass is 10.2. The monoisotopic (exact) mass is 316 g/mol. The van der Waals surface area contributed by atoms with Crippen molar-refractivity contribution in [3.63, 3.8) is 0 Å². The first-order valence-electron chi connectivity index (χ1n) is 6.96. The summed E-state index contributed by atoms with van der Waals surface area (Å²) in [6.07, 6.45) is 0. The largest absolute Gasteiger partial charge is 0.323 e. The number of para-hydroxylation sites is 1. The van der Waals surface area contributed by atoms with Crippen LogP contribution in [0.5, 0.6) is 0 Å². The van der Waals surface area contributed by atoms with Gasteiger partial charge in [-0.15, -0.1) is 0 Å². The van der Waals surface area contributed by atoms with Crippen molar-refractivity contribution in [3.05, 3.63) is 60.2 Å². The Hall–Kier alpha value is -2.18. The second kappa shape index (κ2) is 5.55. The van der Waals surface area contributed by atoms with E-state index in [-0.39, 0.29) is 17.3 Å². The molecule has 1 atom stereocenters. The van der Waals surface area contributed by atoms with Crippen molar-refractivity contribution >= 4 is 21.6 Å². The summed E-state index contributed by atoms with van der Waals surface area (Å²) in [6.45, 7) is 1.76. The molecule has 1 amide bonds. The molecular weight excluding hydrogens is 300 g/mol. The molecular formula is C16H16N2O3S. The minimum atomic E-state index is -3.75. The predicted molar refractivity (Wildman–Crippen MR) is 83.7 cm³/mol. The lowest BCUT2D eigenvalue weighted by molar-refractivity contribution is -0.119. The fourth-order valence-corrected chi connectivity index (χ4v) is 4.21. The zero-order chi connectivity index (χ0) is 15.7. The van der Waals surface area contributed by atoms with Gasteiger partial charge in [-0.25, -0.2) is 8.42 Å². The first-order valence-corrected chi connectivity index (χ1v) is 8.40.